The smallest absolute Gasteiger partial charge is 0.258 e. The van der Waals surface area contributed by atoms with Crippen molar-refractivity contribution < 1.29 is 18.0 Å². The van der Waals surface area contributed by atoms with Crippen molar-refractivity contribution in [2.45, 2.75) is 57.9 Å². The summed E-state index contributed by atoms with van der Waals surface area (Å²) in [6.45, 7) is 8.13. The maximum atomic E-state index is 13.3. The van der Waals surface area contributed by atoms with Crippen LogP contribution in [0.2, 0.25) is 0 Å². The summed E-state index contributed by atoms with van der Waals surface area (Å²) in [6, 6.07) is 16.5. The molecule has 0 radical (unpaired) electrons. The molecule has 0 saturated carbocycles. The van der Waals surface area contributed by atoms with E-state index in [-0.39, 0.29) is 23.5 Å². The molecule has 1 fully saturated rings. The molecule has 2 N–H and O–H groups in total. The van der Waals surface area contributed by atoms with Crippen molar-refractivity contribution in [3.8, 4) is 0 Å². The molecule has 2 atom stereocenters. The maximum Gasteiger partial charge on any atom is 0.258 e. The summed E-state index contributed by atoms with van der Waals surface area (Å²) in [6.07, 6.45) is 1.54. The highest BCUT2D eigenvalue weighted by Crippen LogP contribution is 2.27. The average Bonchev–Trinajstić information content (AvgIpc) is 2.79. The van der Waals surface area contributed by atoms with E-state index in [0.717, 1.165) is 5.69 Å². The number of nitrogens with zero attached hydrogens (tertiary/aromatic N) is 1. The Morgan fingerprint density at radius 1 is 1.03 bits per heavy atom. The van der Waals surface area contributed by atoms with Crippen LogP contribution in [0.25, 0.3) is 0 Å². The Bertz CT molecular complexity index is 1090. The van der Waals surface area contributed by atoms with Gasteiger partial charge in [-0.25, -0.2) is 8.42 Å². The Labute approximate surface area is 202 Å². The van der Waals surface area contributed by atoms with Gasteiger partial charge in [0.05, 0.1) is 0 Å². The van der Waals surface area contributed by atoms with Gasteiger partial charge < -0.3 is 15.5 Å². The van der Waals surface area contributed by atoms with Crippen LogP contribution < -0.4 is 15.5 Å². The second-order valence-corrected chi connectivity index (χ2v) is 12.2. The average molecular weight is 486 g/mol. The summed E-state index contributed by atoms with van der Waals surface area (Å²) in [4.78, 5) is 27.6. The predicted octanol–water partition coefficient (Wildman–Crippen LogP) is 4.22. The van der Waals surface area contributed by atoms with Crippen LogP contribution in [0.3, 0.4) is 0 Å². The van der Waals surface area contributed by atoms with Crippen molar-refractivity contribution in [1.82, 2.24) is 5.32 Å². The van der Waals surface area contributed by atoms with Gasteiger partial charge in [0.25, 0.3) is 5.91 Å². The largest absolute Gasteiger partial charge is 0.326 e. The number of hydrogen-bond acceptors (Lipinski definition) is 5. The highest BCUT2D eigenvalue weighted by molar-refractivity contribution is 7.91. The number of carbonyl (C=O) groups excluding carboxylic acids is 2. The van der Waals surface area contributed by atoms with Crippen LogP contribution in [-0.2, 0) is 14.6 Å². The van der Waals surface area contributed by atoms with E-state index in [4.69, 9.17) is 0 Å². The van der Waals surface area contributed by atoms with Crippen LogP contribution in [0.5, 0.6) is 0 Å². The second kappa shape index (κ2) is 10.7. The standard InChI is InChI=1S/C26H35N3O4S/c1-5-34(32,33)24-16-11-19(18-27-24)17-23(30)28-21-14-12-20(13-15-21)25(31)29(26(2,3)4)22-9-7-6-8-10-22/h6-10,12-15,19,24,27H,5,11,16-18H2,1-4H3,(H,28,30). The Kier molecular flexibility index (Phi) is 8.15. The molecule has 2 unspecified atom stereocenters. The van der Waals surface area contributed by atoms with E-state index in [9.17, 15) is 18.0 Å². The number of hydrogen-bond donors (Lipinski definition) is 2. The Morgan fingerprint density at radius 2 is 1.68 bits per heavy atom. The van der Waals surface area contributed by atoms with Gasteiger partial charge in [-0.3, -0.25) is 9.59 Å². The summed E-state index contributed by atoms with van der Waals surface area (Å²) in [5, 5.41) is 5.46. The number of anilines is 2. The fourth-order valence-electron chi connectivity index (χ4n) is 4.26. The van der Waals surface area contributed by atoms with Gasteiger partial charge >= 0.3 is 0 Å². The molecule has 8 heteroatoms. The van der Waals surface area contributed by atoms with E-state index < -0.39 is 20.8 Å². The Balaban J connectivity index is 1.59. The minimum Gasteiger partial charge on any atom is -0.326 e. The van der Waals surface area contributed by atoms with Crippen LogP contribution in [0.1, 0.15) is 57.3 Å². The Hall–Kier alpha value is -2.71. The van der Waals surface area contributed by atoms with Gasteiger partial charge in [0, 0.05) is 34.7 Å². The molecule has 0 bridgehead atoms. The summed E-state index contributed by atoms with van der Waals surface area (Å²) < 4.78 is 24.0. The first-order chi connectivity index (χ1) is 16.0. The number of benzene rings is 2. The van der Waals surface area contributed by atoms with E-state index in [1.807, 2.05) is 51.1 Å². The van der Waals surface area contributed by atoms with E-state index in [1.165, 1.54) is 0 Å². The monoisotopic (exact) mass is 485 g/mol. The van der Waals surface area contributed by atoms with Gasteiger partial charge in [-0.2, -0.15) is 0 Å². The third kappa shape index (κ3) is 6.45. The Morgan fingerprint density at radius 3 is 2.21 bits per heavy atom. The van der Waals surface area contributed by atoms with E-state index in [2.05, 4.69) is 10.6 Å². The van der Waals surface area contributed by atoms with Crippen molar-refractivity contribution in [3.63, 3.8) is 0 Å². The van der Waals surface area contributed by atoms with Crippen molar-refractivity contribution in [1.29, 1.82) is 0 Å². The number of nitrogens with one attached hydrogen (secondary N) is 2. The van der Waals surface area contributed by atoms with Gasteiger partial charge in [-0.05, 0) is 82.5 Å². The molecule has 1 aliphatic rings. The zero-order valence-electron chi connectivity index (χ0n) is 20.4. The zero-order chi connectivity index (χ0) is 24.9. The number of para-hydroxylation sites is 1. The number of amides is 2. The van der Waals surface area contributed by atoms with Gasteiger partial charge in [0.15, 0.2) is 9.84 Å². The molecule has 1 aliphatic heterocycles. The fraction of sp³-hybridized carbons (Fsp3) is 0.462. The molecule has 1 heterocycles. The molecular formula is C26H35N3O4S. The summed E-state index contributed by atoms with van der Waals surface area (Å²) in [7, 11) is -3.11. The first-order valence-electron chi connectivity index (χ1n) is 11.8. The molecule has 2 amide bonds. The fourth-order valence-corrected chi connectivity index (χ4v) is 5.50. The lowest BCUT2D eigenvalue weighted by atomic mass is 9.95. The maximum absolute atomic E-state index is 13.3. The van der Waals surface area contributed by atoms with Crippen LogP contribution >= 0.6 is 0 Å². The van der Waals surface area contributed by atoms with Gasteiger partial charge in [-0.15, -0.1) is 0 Å². The lowest BCUT2D eigenvalue weighted by molar-refractivity contribution is -0.117. The van der Waals surface area contributed by atoms with Crippen LogP contribution in [0, 0.1) is 5.92 Å². The normalized spacial score (nSPS) is 18.8. The molecule has 0 aromatic heterocycles. The first kappa shape index (κ1) is 25.9. The molecule has 0 aliphatic carbocycles. The second-order valence-electron chi connectivity index (χ2n) is 9.77. The molecular weight excluding hydrogens is 450 g/mol. The lowest BCUT2D eigenvalue weighted by Crippen LogP contribution is -2.46. The molecule has 2 aromatic carbocycles. The van der Waals surface area contributed by atoms with Gasteiger partial charge in [-0.1, -0.05) is 25.1 Å². The quantitative estimate of drug-likeness (QED) is 0.612. The lowest BCUT2D eigenvalue weighted by Gasteiger charge is -2.36. The molecule has 184 valence electrons. The van der Waals surface area contributed by atoms with Gasteiger partial charge in [0.1, 0.15) is 5.37 Å². The topological polar surface area (TPSA) is 95.6 Å². The van der Waals surface area contributed by atoms with Crippen molar-refractivity contribution >= 4 is 33.0 Å². The van der Waals surface area contributed by atoms with Crippen LogP contribution in [0.4, 0.5) is 11.4 Å². The molecule has 1 saturated heterocycles. The van der Waals surface area contributed by atoms with E-state index in [1.54, 1.807) is 36.1 Å². The molecule has 7 nitrogen and oxygen atoms in total. The zero-order valence-corrected chi connectivity index (χ0v) is 21.2. The van der Waals surface area contributed by atoms with Crippen molar-refractivity contribution in [3.05, 3.63) is 60.2 Å². The summed E-state index contributed by atoms with van der Waals surface area (Å²) in [5.74, 6) is -0.0206. The highest BCUT2D eigenvalue weighted by Gasteiger charge is 2.30. The third-order valence-electron chi connectivity index (χ3n) is 6.09. The molecule has 2 aromatic rings. The number of piperidine rings is 1. The van der Waals surface area contributed by atoms with Crippen LogP contribution in [0.15, 0.2) is 54.6 Å². The minimum atomic E-state index is -3.11. The van der Waals surface area contributed by atoms with Crippen LogP contribution in [-0.4, -0.2) is 43.4 Å². The van der Waals surface area contributed by atoms with Crippen molar-refractivity contribution in [2.75, 3.05) is 22.5 Å². The summed E-state index contributed by atoms with van der Waals surface area (Å²) >= 11 is 0. The minimum absolute atomic E-state index is 0.0929. The number of rotatable bonds is 7. The summed E-state index contributed by atoms with van der Waals surface area (Å²) in [5.41, 5.74) is 1.58. The van der Waals surface area contributed by atoms with Crippen molar-refractivity contribution in [2.24, 2.45) is 5.92 Å². The number of carbonyl (C=O) groups is 2. The number of sulfone groups is 1. The highest BCUT2D eigenvalue weighted by atomic mass is 32.2. The molecule has 3 rings (SSSR count). The van der Waals surface area contributed by atoms with E-state index >= 15 is 0 Å². The molecule has 34 heavy (non-hydrogen) atoms. The third-order valence-corrected chi connectivity index (χ3v) is 8.16. The SMILES string of the molecule is CCS(=O)(=O)C1CCC(CC(=O)Nc2ccc(C(=O)N(c3ccccc3)C(C)(C)C)cc2)CN1. The van der Waals surface area contributed by atoms with Gasteiger partial charge in [0.2, 0.25) is 5.91 Å². The predicted molar refractivity (Wildman–Crippen MR) is 137 cm³/mol. The van der Waals surface area contributed by atoms with E-state index in [0.29, 0.717) is 37.1 Å². The molecule has 0 spiro atoms. The first-order valence-corrected chi connectivity index (χ1v) is 13.5.